The summed E-state index contributed by atoms with van der Waals surface area (Å²) in [5, 5.41) is 27.0. The van der Waals surface area contributed by atoms with Gasteiger partial charge in [-0.15, -0.1) is 16.4 Å². The average Bonchev–Trinajstić information content (AvgIpc) is 3.29. The third-order valence-corrected chi connectivity index (χ3v) is 6.18. The maximum absolute atomic E-state index is 12.9. The van der Waals surface area contributed by atoms with Gasteiger partial charge in [0.05, 0.1) is 18.1 Å². The zero-order chi connectivity index (χ0) is 19.7. The lowest BCUT2D eigenvalue weighted by Gasteiger charge is -2.28. The van der Waals surface area contributed by atoms with Crippen molar-refractivity contribution in [3.63, 3.8) is 0 Å². The van der Waals surface area contributed by atoms with Crippen molar-refractivity contribution in [3.05, 3.63) is 22.6 Å². The summed E-state index contributed by atoms with van der Waals surface area (Å²) in [7, 11) is 1.64. The fraction of sp³-hybridized carbons (Fsp3) is 0.474. The predicted molar refractivity (Wildman–Crippen MR) is 106 cm³/mol. The minimum atomic E-state index is -0.432. The molecule has 1 aromatic carbocycles. The molecule has 0 unspecified atom stereocenters. The number of methoxy groups -OCH3 is 1. The molecule has 0 aliphatic heterocycles. The number of aryl methyl sites for hydroxylation is 1. The molecule has 0 amide bonds. The van der Waals surface area contributed by atoms with E-state index in [1.165, 1.54) is 17.8 Å². The quantitative estimate of drug-likeness (QED) is 0.521. The molecule has 1 aliphatic rings. The van der Waals surface area contributed by atoms with Gasteiger partial charge in [0.25, 0.3) is 5.95 Å². The molecule has 2 atom stereocenters. The van der Waals surface area contributed by atoms with Crippen LogP contribution < -0.4 is 14.6 Å². The van der Waals surface area contributed by atoms with E-state index >= 15 is 0 Å². The van der Waals surface area contributed by atoms with Crippen LogP contribution in [0.4, 0.5) is 5.95 Å². The Hall–Kier alpha value is -2.68. The zero-order valence-corrected chi connectivity index (χ0v) is 16.9. The van der Waals surface area contributed by atoms with Gasteiger partial charge in [0.2, 0.25) is 0 Å². The van der Waals surface area contributed by atoms with Crippen molar-refractivity contribution >= 4 is 33.3 Å². The summed E-state index contributed by atoms with van der Waals surface area (Å²) in [6, 6.07) is 3.95. The lowest BCUT2D eigenvalue weighted by molar-refractivity contribution is -0.212. The normalized spacial score (nSPS) is 20.5. The maximum Gasteiger partial charge on any atom is 0.288 e. The number of nitrogens with one attached hydrogen (secondary N) is 1. The summed E-state index contributed by atoms with van der Waals surface area (Å²) in [6.45, 7) is 4.22. The van der Waals surface area contributed by atoms with Gasteiger partial charge in [-0.1, -0.05) is 18.4 Å². The van der Waals surface area contributed by atoms with Crippen LogP contribution in [0.15, 0.2) is 17.1 Å². The average molecular weight is 400 g/mol. The van der Waals surface area contributed by atoms with E-state index in [1.807, 2.05) is 19.1 Å². The molecular formula is C19H22N5O3S-. The van der Waals surface area contributed by atoms with Crippen LogP contribution >= 0.6 is 11.3 Å². The molecule has 4 rings (SSSR count). The first kappa shape index (κ1) is 18.7. The number of benzene rings is 1. The van der Waals surface area contributed by atoms with Crippen molar-refractivity contribution in [3.8, 4) is 11.5 Å². The van der Waals surface area contributed by atoms with Crippen molar-refractivity contribution in [2.24, 2.45) is 10.9 Å². The fourth-order valence-corrected chi connectivity index (χ4v) is 4.78. The lowest BCUT2D eigenvalue weighted by Crippen LogP contribution is -2.25. The van der Waals surface area contributed by atoms with Gasteiger partial charge < -0.3 is 14.6 Å². The topological polar surface area (TPSA) is 108 Å². The smallest absolute Gasteiger partial charge is 0.288 e. The summed E-state index contributed by atoms with van der Waals surface area (Å²) in [4.78, 5) is 4.41. The first-order chi connectivity index (χ1) is 13.5. The molecule has 3 aromatic rings. The van der Waals surface area contributed by atoms with Gasteiger partial charge in [-0.2, -0.15) is 5.21 Å². The van der Waals surface area contributed by atoms with E-state index in [4.69, 9.17) is 9.47 Å². The van der Waals surface area contributed by atoms with E-state index < -0.39 is 5.90 Å². The van der Waals surface area contributed by atoms with E-state index in [0.717, 1.165) is 40.7 Å². The van der Waals surface area contributed by atoms with Gasteiger partial charge in [0.1, 0.15) is 11.5 Å². The summed E-state index contributed by atoms with van der Waals surface area (Å²) in [5.41, 5.74) is 1.00. The molecule has 1 aliphatic carbocycles. The number of H-pyrrole nitrogens is 1. The SMILES string of the molecule is COc1cc2c(O[C@@H]3CCC[C@@H](C)C3)c(C([O-])=Nc3nn[nH]n3)sc2cc1C. The number of aliphatic imine (C=N–C) groups is 1. The van der Waals surface area contributed by atoms with Crippen molar-refractivity contribution in [1.29, 1.82) is 0 Å². The number of fused-ring (bicyclic) bond motifs is 1. The van der Waals surface area contributed by atoms with Crippen LogP contribution in [0.3, 0.4) is 0 Å². The summed E-state index contributed by atoms with van der Waals surface area (Å²) in [5.74, 6) is 1.53. The number of aromatic nitrogens is 4. The van der Waals surface area contributed by atoms with Crippen LogP contribution in [0, 0.1) is 12.8 Å². The monoisotopic (exact) mass is 400 g/mol. The molecule has 148 valence electrons. The Kier molecular flexibility index (Phi) is 5.17. The number of aromatic amines is 1. The zero-order valence-electron chi connectivity index (χ0n) is 16.1. The van der Waals surface area contributed by atoms with Gasteiger partial charge in [-0.05, 0) is 55.0 Å². The maximum atomic E-state index is 12.9. The Morgan fingerprint density at radius 3 is 2.93 bits per heavy atom. The molecule has 0 spiro atoms. The summed E-state index contributed by atoms with van der Waals surface area (Å²) < 4.78 is 12.8. The number of hydrogen-bond donors (Lipinski definition) is 1. The number of hydrogen-bond acceptors (Lipinski definition) is 8. The highest BCUT2D eigenvalue weighted by atomic mass is 32.1. The second-order valence-corrected chi connectivity index (χ2v) is 8.27. The highest BCUT2D eigenvalue weighted by molar-refractivity contribution is 7.21. The van der Waals surface area contributed by atoms with Crippen LogP contribution in [0.5, 0.6) is 11.5 Å². The van der Waals surface area contributed by atoms with Crippen molar-refractivity contribution in [2.45, 2.75) is 45.6 Å². The number of nitrogens with zero attached hydrogens (tertiary/aromatic N) is 4. The Bertz CT molecular complexity index is 999. The fourth-order valence-electron chi connectivity index (χ4n) is 3.68. The van der Waals surface area contributed by atoms with Crippen LogP contribution in [0.1, 0.15) is 43.0 Å². The molecule has 2 heterocycles. The summed E-state index contributed by atoms with van der Waals surface area (Å²) >= 11 is 1.37. The summed E-state index contributed by atoms with van der Waals surface area (Å²) in [6.07, 6.45) is 4.41. The molecular weight excluding hydrogens is 378 g/mol. The van der Waals surface area contributed by atoms with Crippen LogP contribution in [-0.2, 0) is 0 Å². The predicted octanol–water partition coefficient (Wildman–Crippen LogP) is 3.13. The van der Waals surface area contributed by atoms with Crippen molar-refractivity contribution in [2.75, 3.05) is 7.11 Å². The standard InChI is InChI=1S/C19H23N5O3S/c1-10-5-4-6-12(7-10)27-16-13-9-14(26-3)11(2)8-15(13)28-17(16)18(25)20-19-21-23-24-22-19/h8-10,12H,4-7H2,1-3H3,(H2,20,21,22,23,24,25)/p-1/t10-,12-/m1/s1. The number of thiophene rings is 1. The lowest BCUT2D eigenvalue weighted by atomic mass is 9.88. The van der Waals surface area contributed by atoms with Crippen molar-refractivity contribution in [1.82, 2.24) is 20.6 Å². The van der Waals surface area contributed by atoms with Gasteiger partial charge in [-0.25, -0.2) is 4.99 Å². The molecule has 0 saturated heterocycles. The second-order valence-electron chi connectivity index (χ2n) is 7.22. The highest BCUT2D eigenvalue weighted by Gasteiger charge is 2.24. The largest absolute Gasteiger partial charge is 0.857 e. The highest BCUT2D eigenvalue weighted by Crippen LogP contribution is 2.42. The molecule has 1 N–H and O–H groups in total. The molecule has 28 heavy (non-hydrogen) atoms. The Labute approximate surface area is 166 Å². The van der Waals surface area contributed by atoms with E-state index in [0.29, 0.717) is 16.5 Å². The van der Waals surface area contributed by atoms with Crippen LogP contribution in [0.25, 0.3) is 10.1 Å². The minimum absolute atomic E-state index is 0.00783. The van der Waals surface area contributed by atoms with Crippen molar-refractivity contribution < 1.29 is 14.6 Å². The Balaban J connectivity index is 1.80. The third-order valence-electron chi connectivity index (χ3n) is 5.06. The molecule has 2 aromatic heterocycles. The molecule has 8 nitrogen and oxygen atoms in total. The molecule has 9 heteroatoms. The molecule has 1 fully saturated rings. The second kappa shape index (κ2) is 7.75. The molecule has 0 radical (unpaired) electrons. The van der Waals surface area contributed by atoms with Gasteiger partial charge in [0.15, 0.2) is 0 Å². The Morgan fingerprint density at radius 1 is 1.36 bits per heavy atom. The first-order valence-corrected chi connectivity index (χ1v) is 10.1. The minimum Gasteiger partial charge on any atom is -0.857 e. The first-order valence-electron chi connectivity index (χ1n) is 9.32. The van der Waals surface area contributed by atoms with Gasteiger partial charge in [-0.3, -0.25) is 0 Å². The van der Waals surface area contributed by atoms with Gasteiger partial charge in [0, 0.05) is 16.0 Å². The van der Waals surface area contributed by atoms with Crippen LogP contribution in [-0.4, -0.2) is 39.7 Å². The van der Waals surface area contributed by atoms with E-state index in [2.05, 4.69) is 32.5 Å². The molecule has 1 saturated carbocycles. The molecule has 0 bridgehead atoms. The Morgan fingerprint density at radius 2 is 2.21 bits per heavy atom. The number of rotatable bonds is 5. The van der Waals surface area contributed by atoms with Gasteiger partial charge >= 0.3 is 0 Å². The van der Waals surface area contributed by atoms with Crippen LogP contribution in [0.2, 0.25) is 0 Å². The number of tetrazole rings is 1. The van der Waals surface area contributed by atoms with E-state index in [-0.39, 0.29) is 12.1 Å². The van der Waals surface area contributed by atoms with E-state index in [9.17, 15) is 5.11 Å². The third kappa shape index (κ3) is 3.66. The van der Waals surface area contributed by atoms with E-state index in [1.54, 1.807) is 7.11 Å². The number of ether oxygens (including phenoxy) is 2.